The predicted octanol–water partition coefficient (Wildman–Crippen LogP) is 3.97. The number of nitrogens with zero attached hydrogens (tertiary/aromatic N) is 1. The van der Waals surface area contributed by atoms with E-state index in [9.17, 15) is 14.7 Å². The second kappa shape index (κ2) is 7.20. The van der Waals surface area contributed by atoms with Crippen molar-refractivity contribution < 1.29 is 14.7 Å². The van der Waals surface area contributed by atoms with E-state index in [1.807, 2.05) is 38.1 Å². The van der Waals surface area contributed by atoms with Gasteiger partial charge in [-0.2, -0.15) is 0 Å². The van der Waals surface area contributed by atoms with Crippen LogP contribution in [0.3, 0.4) is 0 Å². The van der Waals surface area contributed by atoms with E-state index < -0.39 is 5.60 Å². The van der Waals surface area contributed by atoms with E-state index in [0.29, 0.717) is 17.0 Å². The van der Waals surface area contributed by atoms with Crippen LogP contribution in [0.2, 0.25) is 0 Å². The lowest BCUT2D eigenvalue weighted by Crippen LogP contribution is -2.41. The molecule has 0 spiro atoms. The van der Waals surface area contributed by atoms with Crippen LogP contribution < -0.4 is 5.32 Å². The largest absolute Gasteiger partial charge is 0.389 e. The third kappa shape index (κ3) is 3.18. The molecule has 2 unspecified atom stereocenters. The maximum atomic E-state index is 13.5. The Morgan fingerprint density at radius 1 is 1.23 bits per heavy atom. The number of ketones is 1. The number of carbonyl (C=O) groups is 2. The highest BCUT2D eigenvalue weighted by Crippen LogP contribution is 2.56. The Morgan fingerprint density at radius 3 is 2.68 bits per heavy atom. The zero-order valence-corrected chi connectivity index (χ0v) is 18.4. The minimum Gasteiger partial charge on any atom is -0.389 e. The third-order valence-electron chi connectivity index (χ3n) is 7.66. The lowest BCUT2D eigenvalue weighted by Gasteiger charge is -2.28. The van der Waals surface area contributed by atoms with E-state index in [0.717, 1.165) is 31.2 Å². The van der Waals surface area contributed by atoms with Gasteiger partial charge in [-0.15, -0.1) is 0 Å². The van der Waals surface area contributed by atoms with Crippen LogP contribution in [0, 0.1) is 11.8 Å². The van der Waals surface area contributed by atoms with Crippen LogP contribution in [0.4, 0.5) is 0 Å². The van der Waals surface area contributed by atoms with Gasteiger partial charge in [0.2, 0.25) is 5.78 Å². The van der Waals surface area contributed by atoms with E-state index in [4.69, 9.17) is 0 Å². The molecule has 162 valence electrons. The van der Waals surface area contributed by atoms with Crippen LogP contribution in [0.1, 0.15) is 77.6 Å². The van der Waals surface area contributed by atoms with Crippen LogP contribution >= 0.6 is 0 Å². The molecule has 3 aliphatic carbocycles. The van der Waals surface area contributed by atoms with E-state index in [1.54, 1.807) is 23.7 Å². The molecule has 2 aromatic rings. The lowest BCUT2D eigenvalue weighted by atomic mass is 9.85. The van der Waals surface area contributed by atoms with Gasteiger partial charge in [-0.3, -0.25) is 9.59 Å². The number of fused-ring (bicyclic) bond motifs is 1. The summed E-state index contributed by atoms with van der Waals surface area (Å²) in [6.45, 7) is 4.09. The number of hydrogen-bond donors (Lipinski definition) is 2. The first-order valence-corrected chi connectivity index (χ1v) is 11.3. The molecule has 0 saturated heterocycles. The highest BCUT2D eigenvalue weighted by molar-refractivity contribution is 6.09. The number of nitrogens with one attached hydrogen (secondary N) is 1. The fourth-order valence-corrected chi connectivity index (χ4v) is 6.03. The fraction of sp³-hybridized carbons (Fsp3) is 0.462. The van der Waals surface area contributed by atoms with Crippen molar-refractivity contribution in [3.05, 3.63) is 70.6 Å². The summed E-state index contributed by atoms with van der Waals surface area (Å²) in [5.74, 6) is 0.440. The Bertz CT molecular complexity index is 1080. The molecule has 1 amide bonds. The Morgan fingerprint density at radius 2 is 1.97 bits per heavy atom. The number of aromatic nitrogens is 1. The van der Waals surface area contributed by atoms with Gasteiger partial charge in [0, 0.05) is 18.5 Å². The van der Waals surface area contributed by atoms with Crippen molar-refractivity contribution in [1.29, 1.82) is 0 Å². The molecule has 2 N–H and O–H groups in total. The van der Waals surface area contributed by atoms with Crippen molar-refractivity contribution in [2.24, 2.45) is 18.9 Å². The van der Waals surface area contributed by atoms with Crippen molar-refractivity contribution in [2.45, 2.75) is 57.1 Å². The third-order valence-corrected chi connectivity index (χ3v) is 7.66. The van der Waals surface area contributed by atoms with E-state index >= 15 is 0 Å². The monoisotopic (exact) mass is 418 g/mol. The zero-order chi connectivity index (χ0) is 21.9. The second-order valence-corrected chi connectivity index (χ2v) is 9.84. The average molecular weight is 419 g/mol. The van der Waals surface area contributed by atoms with Crippen LogP contribution in [0.15, 0.2) is 48.0 Å². The summed E-state index contributed by atoms with van der Waals surface area (Å²) in [6, 6.07) is 11.0. The number of hydrogen-bond acceptors (Lipinski definition) is 3. The van der Waals surface area contributed by atoms with E-state index in [-0.39, 0.29) is 35.5 Å². The number of amides is 1. The Kier molecular flexibility index (Phi) is 4.70. The molecule has 4 atom stereocenters. The summed E-state index contributed by atoms with van der Waals surface area (Å²) in [4.78, 5) is 26.6. The summed E-state index contributed by atoms with van der Waals surface area (Å²) in [5, 5.41) is 14.2. The molecular formula is C26H30N2O3. The molecule has 5 rings (SSSR count). The molecule has 0 aliphatic heterocycles. The maximum absolute atomic E-state index is 13.5. The first-order valence-electron chi connectivity index (χ1n) is 11.3. The van der Waals surface area contributed by atoms with Crippen molar-refractivity contribution in [3.63, 3.8) is 0 Å². The molecule has 1 aromatic carbocycles. The maximum Gasteiger partial charge on any atom is 0.268 e. The van der Waals surface area contributed by atoms with Gasteiger partial charge in [-0.05, 0) is 49.1 Å². The Labute approximate surface area is 183 Å². The van der Waals surface area contributed by atoms with Crippen LogP contribution in [0.5, 0.6) is 0 Å². The zero-order valence-electron chi connectivity index (χ0n) is 18.4. The topological polar surface area (TPSA) is 71.3 Å². The standard InChI is InChI=1S/C26H30N2O3/c1-15(2)19-13-22(24(29)16-7-5-4-6-8-16)28(3)23(19)25(30)27-21-12-17-9-10-26(31)14-18(21)11-20(17)26/h4-8,12-13,15,18,20-21,31H,9-11,14H2,1-3H3,(H,27,30)/t18?,20?,21-,26+/m0/s1. The quantitative estimate of drug-likeness (QED) is 0.570. The van der Waals surface area contributed by atoms with Gasteiger partial charge in [-0.25, -0.2) is 0 Å². The van der Waals surface area contributed by atoms with Gasteiger partial charge in [0.25, 0.3) is 5.91 Å². The fourth-order valence-electron chi connectivity index (χ4n) is 6.03. The molecule has 2 fully saturated rings. The molecule has 2 saturated carbocycles. The van der Waals surface area contributed by atoms with Crippen LogP contribution in [0.25, 0.3) is 0 Å². The summed E-state index contributed by atoms with van der Waals surface area (Å²) in [7, 11) is 1.80. The molecular weight excluding hydrogens is 388 g/mol. The van der Waals surface area contributed by atoms with Crippen molar-refractivity contribution in [1.82, 2.24) is 9.88 Å². The molecule has 31 heavy (non-hydrogen) atoms. The van der Waals surface area contributed by atoms with Gasteiger partial charge in [-0.1, -0.05) is 55.8 Å². The summed E-state index contributed by atoms with van der Waals surface area (Å²) >= 11 is 0. The molecule has 0 radical (unpaired) electrons. The lowest BCUT2D eigenvalue weighted by molar-refractivity contribution is 0.0267. The van der Waals surface area contributed by atoms with Gasteiger partial charge in [0.05, 0.1) is 17.3 Å². The van der Waals surface area contributed by atoms with Gasteiger partial charge in [0.15, 0.2) is 0 Å². The first-order chi connectivity index (χ1) is 14.8. The van der Waals surface area contributed by atoms with E-state index in [1.165, 1.54) is 5.57 Å². The SMILES string of the molecule is CC(C)c1cc(C(=O)c2ccccc2)n(C)c1C(=O)N[C@H]1C=C2CC[C@@]3(O)CC1CC23. The molecule has 5 nitrogen and oxygen atoms in total. The van der Waals surface area contributed by atoms with Gasteiger partial charge in [0.1, 0.15) is 5.69 Å². The average Bonchev–Trinajstić information content (AvgIpc) is 3.35. The number of carbonyl (C=O) groups excluding carboxylic acids is 2. The van der Waals surface area contributed by atoms with E-state index in [2.05, 4.69) is 11.4 Å². The molecule has 1 aromatic heterocycles. The van der Waals surface area contributed by atoms with Crippen molar-refractivity contribution in [3.8, 4) is 0 Å². The summed E-state index contributed by atoms with van der Waals surface area (Å²) in [6.07, 6.45) is 5.67. The van der Waals surface area contributed by atoms with Crippen LogP contribution in [-0.2, 0) is 7.05 Å². The minimum atomic E-state index is -0.570. The number of aliphatic hydroxyl groups is 1. The minimum absolute atomic E-state index is 0.0590. The smallest absolute Gasteiger partial charge is 0.268 e. The Balaban J connectivity index is 1.45. The molecule has 2 bridgehead atoms. The highest BCUT2D eigenvalue weighted by Gasteiger charge is 2.55. The summed E-state index contributed by atoms with van der Waals surface area (Å²) in [5.41, 5.74) is 3.31. The second-order valence-electron chi connectivity index (χ2n) is 9.84. The van der Waals surface area contributed by atoms with Crippen molar-refractivity contribution in [2.75, 3.05) is 0 Å². The highest BCUT2D eigenvalue weighted by atomic mass is 16.3. The van der Waals surface area contributed by atoms with Gasteiger partial charge >= 0.3 is 0 Å². The molecule has 5 heteroatoms. The first kappa shape index (κ1) is 20.3. The Hall–Kier alpha value is -2.66. The summed E-state index contributed by atoms with van der Waals surface area (Å²) < 4.78 is 1.74. The molecule has 1 heterocycles. The van der Waals surface area contributed by atoms with Crippen LogP contribution in [-0.4, -0.2) is 33.0 Å². The van der Waals surface area contributed by atoms with Gasteiger partial charge < -0.3 is 15.0 Å². The number of benzene rings is 1. The molecule has 3 aliphatic rings. The predicted molar refractivity (Wildman–Crippen MR) is 119 cm³/mol. The van der Waals surface area contributed by atoms with Crippen molar-refractivity contribution >= 4 is 11.7 Å². The normalized spacial score (nSPS) is 28.7. The number of rotatable bonds is 5.